The van der Waals surface area contributed by atoms with E-state index >= 15 is 0 Å². The summed E-state index contributed by atoms with van der Waals surface area (Å²) in [6.07, 6.45) is 3.93. The second kappa shape index (κ2) is 4.71. The Morgan fingerprint density at radius 3 is 3.09 bits per heavy atom. The van der Waals surface area contributed by atoms with E-state index in [1.807, 2.05) is 25.4 Å². The Morgan fingerprint density at radius 2 is 2.27 bits per heavy atom. The van der Waals surface area contributed by atoms with Crippen LogP contribution in [0.15, 0.2) is 35.3 Å². The molecule has 110 valence electrons. The van der Waals surface area contributed by atoms with Gasteiger partial charge in [-0.05, 0) is 24.4 Å². The number of nitrogens with zero attached hydrogens (tertiary/aromatic N) is 2. The molecule has 3 aromatic rings. The van der Waals surface area contributed by atoms with E-state index in [1.165, 1.54) is 0 Å². The molecule has 0 unspecified atom stereocenters. The number of aromatic nitrogens is 2. The van der Waals surface area contributed by atoms with Gasteiger partial charge in [0.2, 0.25) is 0 Å². The number of nitrogens with one attached hydrogen (secondary N) is 1. The Hall–Kier alpha value is -2.60. The van der Waals surface area contributed by atoms with Gasteiger partial charge in [-0.1, -0.05) is 12.1 Å². The second-order valence-electron chi connectivity index (χ2n) is 5.31. The summed E-state index contributed by atoms with van der Waals surface area (Å²) in [4.78, 5) is 23.8. The van der Waals surface area contributed by atoms with E-state index in [9.17, 15) is 9.90 Å². The fourth-order valence-corrected chi connectivity index (χ4v) is 3.86. The van der Waals surface area contributed by atoms with Crippen molar-refractivity contribution in [2.45, 2.75) is 6.54 Å². The molecule has 0 bridgehead atoms. The third-order valence-electron chi connectivity index (χ3n) is 3.68. The first-order valence-electron chi connectivity index (χ1n) is 6.85. The van der Waals surface area contributed by atoms with Crippen LogP contribution in [0.25, 0.3) is 27.7 Å². The Bertz CT molecular complexity index is 971. The Morgan fingerprint density at radius 1 is 1.41 bits per heavy atom. The van der Waals surface area contributed by atoms with Crippen LogP contribution in [-0.2, 0) is 6.54 Å². The van der Waals surface area contributed by atoms with Crippen LogP contribution in [0.4, 0.5) is 0 Å². The summed E-state index contributed by atoms with van der Waals surface area (Å²) in [5.74, 6) is 0.625. The van der Waals surface area contributed by atoms with Crippen LogP contribution in [-0.4, -0.2) is 27.0 Å². The molecule has 0 saturated heterocycles. The molecule has 5 nitrogen and oxygen atoms in total. The van der Waals surface area contributed by atoms with Gasteiger partial charge in [0.25, 0.3) is 5.56 Å². The Kier molecular flexibility index (Phi) is 2.80. The molecule has 0 spiro atoms. The minimum absolute atomic E-state index is 0.143. The number of phenolic OH excluding ortho intramolecular Hbond substituents is 1. The van der Waals surface area contributed by atoms with Gasteiger partial charge in [0, 0.05) is 23.1 Å². The van der Waals surface area contributed by atoms with E-state index in [4.69, 9.17) is 0 Å². The molecule has 22 heavy (non-hydrogen) atoms. The zero-order valence-electron chi connectivity index (χ0n) is 11.8. The highest BCUT2D eigenvalue weighted by molar-refractivity contribution is 7.19. The number of phenols is 1. The molecule has 0 saturated carbocycles. The summed E-state index contributed by atoms with van der Waals surface area (Å²) in [7, 11) is 2.00. The summed E-state index contributed by atoms with van der Waals surface area (Å²) in [6, 6.07) is 6.72. The molecule has 2 aromatic heterocycles. The van der Waals surface area contributed by atoms with Crippen molar-refractivity contribution in [3.63, 3.8) is 0 Å². The number of rotatable bonds is 1. The van der Waals surface area contributed by atoms with Crippen LogP contribution in [0.3, 0.4) is 0 Å². The van der Waals surface area contributed by atoms with E-state index in [0.29, 0.717) is 16.8 Å². The van der Waals surface area contributed by atoms with Crippen molar-refractivity contribution in [2.24, 2.45) is 0 Å². The number of aromatic hydroxyl groups is 1. The maximum absolute atomic E-state index is 12.5. The van der Waals surface area contributed by atoms with Gasteiger partial charge in [-0.2, -0.15) is 0 Å². The van der Waals surface area contributed by atoms with E-state index in [0.717, 1.165) is 21.8 Å². The number of thiophene rings is 1. The Balaban J connectivity index is 1.95. The van der Waals surface area contributed by atoms with Gasteiger partial charge in [-0.25, -0.2) is 4.98 Å². The summed E-state index contributed by atoms with van der Waals surface area (Å²) in [5, 5.41) is 10.2. The predicted octanol–water partition coefficient (Wildman–Crippen LogP) is 2.77. The third kappa shape index (κ3) is 2.00. The first-order valence-corrected chi connectivity index (χ1v) is 7.67. The number of hydrogen-bond donors (Lipinski definition) is 2. The number of H-pyrrole nitrogens is 1. The molecular formula is C16H13N3O2S. The van der Waals surface area contributed by atoms with Crippen molar-refractivity contribution in [1.29, 1.82) is 0 Å². The largest absolute Gasteiger partial charge is 0.508 e. The molecule has 0 amide bonds. The number of hydrogen-bond acceptors (Lipinski definition) is 5. The molecule has 6 heteroatoms. The van der Waals surface area contributed by atoms with E-state index in [2.05, 4.69) is 14.9 Å². The molecule has 1 aromatic carbocycles. The maximum Gasteiger partial charge on any atom is 0.260 e. The van der Waals surface area contributed by atoms with Gasteiger partial charge in [-0.15, -0.1) is 11.3 Å². The predicted molar refractivity (Wildman–Crippen MR) is 87.8 cm³/mol. The van der Waals surface area contributed by atoms with Gasteiger partial charge in [0.1, 0.15) is 16.4 Å². The quantitative estimate of drug-likeness (QED) is 0.725. The summed E-state index contributed by atoms with van der Waals surface area (Å²) in [5.41, 5.74) is 1.52. The van der Waals surface area contributed by atoms with Crippen molar-refractivity contribution in [3.8, 4) is 17.1 Å². The highest BCUT2D eigenvalue weighted by atomic mass is 32.1. The van der Waals surface area contributed by atoms with Crippen molar-refractivity contribution in [3.05, 3.63) is 51.3 Å². The monoisotopic (exact) mass is 311 g/mol. The average Bonchev–Trinajstić information content (AvgIpc) is 2.84. The number of aromatic amines is 1. The van der Waals surface area contributed by atoms with Gasteiger partial charge in [0.05, 0.1) is 11.9 Å². The van der Waals surface area contributed by atoms with Crippen LogP contribution in [0.5, 0.6) is 5.75 Å². The third-order valence-corrected chi connectivity index (χ3v) is 4.77. The molecule has 2 N–H and O–H groups in total. The maximum atomic E-state index is 12.5. The fraction of sp³-hybridized carbons (Fsp3) is 0.125. The van der Waals surface area contributed by atoms with Crippen LogP contribution < -0.4 is 5.56 Å². The molecule has 0 fully saturated rings. The molecular weight excluding hydrogens is 298 g/mol. The van der Waals surface area contributed by atoms with Gasteiger partial charge in [0.15, 0.2) is 0 Å². The van der Waals surface area contributed by atoms with E-state index in [1.54, 1.807) is 29.5 Å². The molecule has 3 heterocycles. The normalized spacial score (nSPS) is 13.6. The van der Waals surface area contributed by atoms with Crippen molar-refractivity contribution >= 4 is 27.6 Å². The molecule has 1 aliphatic rings. The lowest BCUT2D eigenvalue weighted by Crippen LogP contribution is -2.14. The van der Waals surface area contributed by atoms with Gasteiger partial charge in [-0.3, -0.25) is 4.79 Å². The SMILES string of the molecule is CN1C=Cc2c(sc3nc(-c4cccc(O)c4)[nH]c(=O)c23)C1. The Labute approximate surface area is 130 Å². The van der Waals surface area contributed by atoms with Crippen LogP contribution in [0.1, 0.15) is 10.4 Å². The molecule has 1 aliphatic heterocycles. The summed E-state index contributed by atoms with van der Waals surface area (Å²) < 4.78 is 0. The highest BCUT2D eigenvalue weighted by Crippen LogP contribution is 2.33. The molecule has 0 aliphatic carbocycles. The molecule has 0 radical (unpaired) electrons. The minimum Gasteiger partial charge on any atom is -0.508 e. The number of benzene rings is 1. The van der Waals surface area contributed by atoms with Gasteiger partial charge >= 0.3 is 0 Å². The lowest BCUT2D eigenvalue weighted by atomic mass is 10.1. The minimum atomic E-state index is -0.143. The van der Waals surface area contributed by atoms with Crippen LogP contribution in [0.2, 0.25) is 0 Å². The smallest absolute Gasteiger partial charge is 0.260 e. The van der Waals surface area contributed by atoms with E-state index in [-0.39, 0.29) is 11.3 Å². The number of fused-ring (bicyclic) bond motifs is 3. The first-order chi connectivity index (χ1) is 10.6. The lowest BCUT2D eigenvalue weighted by molar-refractivity contribution is 0.453. The molecule has 4 rings (SSSR count). The summed E-state index contributed by atoms with van der Waals surface area (Å²) in [6.45, 7) is 0.785. The highest BCUT2D eigenvalue weighted by Gasteiger charge is 2.19. The van der Waals surface area contributed by atoms with Gasteiger partial charge < -0.3 is 15.0 Å². The van der Waals surface area contributed by atoms with Crippen molar-refractivity contribution in [2.75, 3.05) is 7.05 Å². The molecule has 0 atom stereocenters. The van der Waals surface area contributed by atoms with Crippen LogP contribution in [0, 0.1) is 0 Å². The summed E-state index contributed by atoms with van der Waals surface area (Å²) >= 11 is 1.54. The zero-order valence-corrected chi connectivity index (χ0v) is 12.6. The van der Waals surface area contributed by atoms with E-state index < -0.39 is 0 Å². The zero-order chi connectivity index (χ0) is 15.3. The van der Waals surface area contributed by atoms with Crippen molar-refractivity contribution < 1.29 is 5.11 Å². The lowest BCUT2D eigenvalue weighted by Gasteiger charge is -2.17. The van der Waals surface area contributed by atoms with Crippen molar-refractivity contribution in [1.82, 2.24) is 14.9 Å². The second-order valence-corrected chi connectivity index (χ2v) is 6.40. The standard InChI is InChI=1S/C16H13N3O2S/c1-19-6-5-11-12(8-19)22-16-13(11)15(21)17-14(18-16)9-3-2-4-10(20)7-9/h2-7,20H,8H2,1H3,(H,17,18,21). The first kappa shape index (κ1) is 13.1. The average molecular weight is 311 g/mol. The van der Waals surface area contributed by atoms with Crippen LogP contribution >= 0.6 is 11.3 Å². The topological polar surface area (TPSA) is 69.2 Å². The fourth-order valence-electron chi connectivity index (χ4n) is 2.64.